The summed E-state index contributed by atoms with van der Waals surface area (Å²) in [6.07, 6.45) is 6.40. The van der Waals surface area contributed by atoms with E-state index in [1.54, 1.807) is 37.7 Å². The van der Waals surface area contributed by atoms with Crippen LogP contribution in [0, 0.1) is 0 Å². The summed E-state index contributed by atoms with van der Waals surface area (Å²) >= 11 is 0. The summed E-state index contributed by atoms with van der Waals surface area (Å²) in [5, 5.41) is 25.3. The van der Waals surface area contributed by atoms with E-state index in [0.29, 0.717) is 73.7 Å². The molecule has 77 heavy (non-hydrogen) atoms. The first kappa shape index (κ1) is 52.3. The zero-order valence-corrected chi connectivity index (χ0v) is 44.4. The van der Waals surface area contributed by atoms with E-state index in [1.807, 2.05) is 54.9 Å². The number of rotatable bonds is 15. The quantitative estimate of drug-likeness (QED) is 0.0968. The maximum Gasteiger partial charge on any atom is 0.269 e. The lowest BCUT2D eigenvalue weighted by molar-refractivity contribution is 0.0882. The van der Waals surface area contributed by atoms with Crippen LogP contribution >= 0.6 is 0 Å². The number of primary amides is 2. The van der Waals surface area contributed by atoms with Gasteiger partial charge in [-0.2, -0.15) is 10.2 Å². The van der Waals surface area contributed by atoms with Crippen LogP contribution in [0.5, 0.6) is 11.5 Å². The van der Waals surface area contributed by atoms with Crippen molar-refractivity contribution < 1.29 is 28.9 Å². The van der Waals surface area contributed by atoms with Crippen LogP contribution in [-0.4, -0.2) is 159 Å². The van der Waals surface area contributed by atoms with E-state index in [4.69, 9.17) is 35.6 Å². The molecule has 0 saturated carbocycles. The Morgan fingerprint density at radius 3 is 1.60 bits per heavy atom. The number of nitrogens with two attached hydrogens (primary N) is 2. The number of hydrogen-bond acceptors (Lipinski definition) is 18. The van der Waals surface area contributed by atoms with Gasteiger partial charge in [0.15, 0.2) is 11.4 Å². The van der Waals surface area contributed by atoms with Crippen LogP contribution in [0.15, 0.2) is 79.1 Å². The second kappa shape index (κ2) is 22.6. The summed E-state index contributed by atoms with van der Waals surface area (Å²) in [6, 6.07) is 22.5. The molecule has 0 unspecified atom stereocenters. The molecule has 22 heteroatoms. The van der Waals surface area contributed by atoms with Crippen LogP contribution in [0.1, 0.15) is 48.8 Å². The summed E-state index contributed by atoms with van der Waals surface area (Å²) in [6.45, 7) is 6.53. The lowest BCUT2D eigenvalue weighted by Gasteiger charge is -2.41. The van der Waals surface area contributed by atoms with E-state index in [1.165, 1.54) is 5.56 Å². The van der Waals surface area contributed by atoms with Crippen LogP contribution in [0.2, 0.25) is 0 Å². The Kier molecular flexibility index (Phi) is 15.3. The molecule has 2 aliphatic heterocycles. The maximum absolute atomic E-state index is 12.0. The molecular weight excluding hydrogens is 981 g/mol. The molecule has 7 aromatic rings. The number of benzene rings is 3. The Morgan fingerprint density at radius 1 is 0.649 bits per heavy atom. The number of aliphatic hydroxyl groups is 1. The molecule has 6 heterocycles. The second-order valence-electron chi connectivity index (χ2n) is 19.9. The summed E-state index contributed by atoms with van der Waals surface area (Å²) in [5.41, 5.74) is 23.1. The van der Waals surface area contributed by atoms with Crippen molar-refractivity contribution in [2.75, 3.05) is 101 Å². The van der Waals surface area contributed by atoms with Crippen molar-refractivity contribution in [3.8, 4) is 34.3 Å². The molecule has 3 aromatic carbocycles. The molecule has 2 fully saturated rings. The highest BCUT2D eigenvalue weighted by Gasteiger charge is 2.32. The van der Waals surface area contributed by atoms with Gasteiger partial charge in [-0.25, -0.2) is 19.9 Å². The van der Waals surface area contributed by atoms with Crippen LogP contribution in [0.3, 0.4) is 0 Å². The Morgan fingerprint density at radius 2 is 1.13 bits per heavy atom. The Balaban J connectivity index is 0.000000178. The zero-order valence-electron chi connectivity index (χ0n) is 44.4. The Labute approximate surface area is 447 Å². The average Bonchev–Trinajstić information content (AvgIpc) is 3.99. The molecule has 2 saturated heterocycles. The largest absolute Gasteiger partial charge is 0.495 e. The number of piperazine rings is 2. The summed E-state index contributed by atoms with van der Waals surface area (Å²) in [7, 11) is 11.1. The van der Waals surface area contributed by atoms with Gasteiger partial charge in [0.05, 0.1) is 80.3 Å². The van der Waals surface area contributed by atoms with E-state index in [-0.39, 0.29) is 18.7 Å². The number of nitrogens with zero attached hydrogens (tertiary/aromatic N) is 12. The maximum atomic E-state index is 12.0. The predicted molar refractivity (Wildman–Crippen MR) is 293 cm³/mol. The van der Waals surface area contributed by atoms with Crippen LogP contribution < -0.4 is 41.4 Å². The van der Waals surface area contributed by atoms with Crippen LogP contribution in [0.25, 0.3) is 22.8 Å². The molecule has 2 atom stereocenters. The number of anilines is 6. The van der Waals surface area contributed by atoms with E-state index >= 15 is 0 Å². The highest BCUT2D eigenvalue weighted by Crippen LogP contribution is 2.39. The van der Waals surface area contributed by atoms with E-state index in [0.717, 1.165) is 107 Å². The lowest BCUT2D eigenvalue weighted by atomic mass is 9.93. The van der Waals surface area contributed by atoms with Crippen molar-refractivity contribution in [3.05, 3.63) is 118 Å². The van der Waals surface area contributed by atoms with E-state index in [9.17, 15) is 14.7 Å². The number of carbonyl (C=O) groups is 2. The molecule has 4 aliphatic rings. The average molecular weight is 1050 g/mol. The molecule has 11 rings (SSSR count). The number of ether oxygens (including phenoxy) is 3. The van der Waals surface area contributed by atoms with Gasteiger partial charge in [-0.05, 0) is 92.9 Å². The summed E-state index contributed by atoms with van der Waals surface area (Å²) in [5.74, 6) is 1.11. The Bertz CT molecular complexity index is 3290. The first-order valence-electron chi connectivity index (χ1n) is 25.8. The third kappa shape index (κ3) is 10.9. The molecular formula is C55H66N16O6. The molecule has 2 aliphatic carbocycles. The minimum Gasteiger partial charge on any atom is -0.495 e. The zero-order chi connectivity index (χ0) is 53.9. The molecule has 4 aromatic heterocycles. The number of hydrogen-bond donors (Lipinski definition) is 5. The molecule has 402 valence electrons. The molecule has 0 bridgehead atoms. The highest BCUT2D eigenvalue weighted by molar-refractivity contribution is 5.95. The van der Waals surface area contributed by atoms with Gasteiger partial charge in [0.2, 0.25) is 11.9 Å². The minimum absolute atomic E-state index is 0.0118. The standard InChI is InChI=1S/C31H36N8O3.C24H30N8O3/c1-37-13-14-39(23(17-37)19-42-18-20-7-5-4-6-8-20)22-10-12-26(41-3)25(15-22)34-31-33-16-21-9-11-24-28(30(32)40)36-38(2)29(24)27(21)35-31;1-30-8-9-32(16(12-30)13-33)15-5-7-19(35-3)18(10-15)27-24-26-11-14-4-6-17-21(23(25)34)29-31(2)22(17)20(14)28-24/h4-8,10,12,15-16,23H,9,11,13-14,17-19H2,1-3H3,(H2,32,40)(H,33,34,35);5,7,10-11,16,33H,4,6,8-9,12-13H2,1-3H3,(H2,25,34)(H,26,27,28)/t23-;16-/m00/s1. The first-order valence-corrected chi connectivity index (χ1v) is 25.8. The first-order chi connectivity index (χ1) is 37.3. The van der Waals surface area contributed by atoms with Gasteiger partial charge in [-0.1, -0.05) is 30.3 Å². The van der Waals surface area contributed by atoms with E-state index < -0.39 is 11.8 Å². The second-order valence-corrected chi connectivity index (χ2v) is 19.9. The van der Waals surface area contributed by atoms with Gasteiger partial charge < -0.3 is 61.0 Å². The smallest absolute Gasteiger partial charge is 0.269 e. The minimum atomic E-state index is -0.538. The summed E-state index contributed by atoms with van der Waals surface area (Å²) < 4.78 is 20.8. The molecule has 0 radical (unpaired) electrons. The molecule has 0 spiro atoms. The lowest BCUT2D eigenvalue weighted by Crippen LogP contribution is -2.54. The van der Waals surface area contributed by atoms with Gasteiger partial charge in [0.25, 0.3) is 11.8 Å². The fourth-order valence-corrected chi connectivity index (χ4v) is 10.9. The van der Waals surface area contributed by atoms with Crippen LogP contribution in [-0.2, 0) is 51.1 Å². The number of aryl methyl sites for hydroxylation is 4. The number of amides is 2. The number of fused-ring (bicyclic) bond motifs is 6. The highest BCUT2D eigenvalue weighted by atomic mass is 16.5. The van der Waals surface area contributed by atoms with Gasteiger partial charge in [-0.15, -0.1) is 0 Å². The monoisotopic (exact) mass is 1050 g/mol. The fraction of sp³-hybridized carbons (Fsp3) is 0.382. The Hall–Kier alpha value is -8.18. The van der Waals surface area contributed by atoms with Crippen molar-refractivity contribution in [2.24, 2.45) is 25.6 Å². The number of methoxy groups -OCH3 is 2. The number of aromatic nitrogens is 8. The molecule has 7 N–H and O–H groups in total. The molecule has 2 amide bonds. The normalized spacial score (nSPS) is 17.0. The van der Waals surface area contributed by atoms with Gasteiger partial charge in [-0.3, -0.25) is 19.0 Å². The van der Waals surface area contributed by atoms with Crippen molar-refractivity contribution in [2.45, 2.75) is 44.4 Å². The fourth-order valence-electron chi connectivity index (χ4n) is 10.9. The number of nitrogens with one attached hydrogen (secondary N) is 2. The van der Waals surface area contributed by atoms with Crippen molar-refractivity contribution in [1.29, 1.82) is 0 Å². The van der Waals surface area contributed by atoms with Crippen molar-refractivity contribution in [3.63, 3.8) is 0 Å². The SMILES string of the molecule is COc1ccc(N2CCN(C)C[C@H]2CO)cc1Nc1ncc2c(n1)-c1c(c(C(N)=O)nn1C)CC2.COc1ccc(N2CCN(C)C[C@H]2COCc2ccccc2)cc1Nc1ncc2c(n1)-c1c(c(C(N)=O)nn1C)CC2. The number of carbonyl (C=O) groups excluding carboxylic acids is 2. The van der Waals surface area contributed by atoms with Gasteiger partial charge in [0.1, 0.15) is 11.5 Å². The molecule has 22 nitrogen and oxygen atoms in total. The third-order valence-corrected chi connectivity index (χ3v) is 14.8. The van der Waals surface area contributed by atoms with Crippen molar-refractivity contribution >= 4 is 46.5 Å². The predicted octanol–water partition coefficient (Wildman–Crippen LogP) is 4.10. The van der Waals surface area contributed by atoms with Gasteiger partial charge >= 0.3 is 0 Å². The topological polar surface area (TPSA) is 258 Å². The summed E-state index contributed by atoms with van der Waals surface area (Å²) in [4.78, 5) is 51.8. The number of likely N-dealkylation sites (N-methyl/N-ethyl adjacent to an activating group) is 2. The third-order valence-electron chi connectivity index (χ3n) is 14.8. The van der Waals surface area contributed by atoms with E-state index in [2.05, 4.69) is 88.8 Å². The number of aliphatic hydroxyl groups excluding tert-OH is 1. The van der Waals surface area contributed by atoms with Crippen molar-refractivity contribution in [1.82, 2.24) is 49.3 Å². The van der Waals surface area contributed by atoms with Gasteiger partial charge in [0, 0.05) is 88.3 Å². The van der Waals surface area contributed by atoms with Crippen LogP contribution in [0.4, 0.5) is 34.6 Å².